The number of benzene rings is 1. The minimum atomic E-state index is -0.223. The summed E-state index contributed by atoms with van der Waals surface area (Å²) in [4.78, 5) is 6.64. The van der Waals surface area contributed by atoms with Crippen LogP contribution in [-0.4, -0.2) is 11.5 Å². The molecule has 0 aliphatic heterocycles. The predicted octanol–water partition coefficient (Wildman–Crippen LogP) is 4.23. The van der Waals surface area contributed by atoms with Crippen LogP contribution in [0.1, 0.15) is 19.4 Å². The minimum Gasteiger partial charge on any atom is -0.399 e. The van der Waals surface area contributed by atoms with Crippen LogP contribution in [0.3, 0.4) is 0 Å². The van der Waals surface area contributed by atoms with Crippen LogP contribution in [0.5, 0.6) is 0 Å². The third-order valence-electron chi connectivity index (χ3n) is 3.00. The average Bonchev–Trinajstić information content (AvgIpc) is 2.39. The lowest BCUT2D eigenvalue weighted by Crippen LogP contribution is -2.28. The molecule has 0 aliphatic carbocycles. The van der Waals surface area contributed by atoms with Crippen molar-refractivity contribution in [1.82, 2.24) is 4.98 Å². The maximum atomic E-state index is 13.0. The Kier molecular flexibility index (Phi) is 5.17. The number of nitrogen functional groups attached to an aromatic ring is 1. The average molecular weight is 352 g/mol. The molecule has 1 aromatic heterocycles. The standard InChI is InChI=1S/C16H19BrFN3/c1-11(2)9-21(10-12-3-5-13(18)6-4-12)16-8-14(19)7-15(17)20-16/h3-8,11H,9-10H2,1-2H3,(H2,19,20). The van der Waals surface area contributed by atoms with Crippen molar-refractivity contribution in [3.63, 3.8) is 0 Å². The van der Waals surface area contributed by atoms with Gasteiger partial charge in [-0.15, -0.1) is 0 Å². The first kappa shape index (κ1) is 15.8. The molecule has 0 radical (unpaired) electrons. The molecule has 1 aromatic carbocycles. The first-order valence-corrected chi connectivity index (χ1v) is 7.66. The number of aromatic nitrogens is 1. The zero-order valence-corrected chi connectivity index (χ0v) is 13.8. The fourth-order valence-electron chi connectivity index (χ4n) is 2.15. The molecule has 1 heterocycles. The lowest BCUT2D eigenvalue weighted by molar-refractivity contribution is 0.602. The zero-order valence-electron chi connectivity index (χ0n) is 12.2. The molecule has 21 heavy (non-hydrogen) atoms. The van der Waals surface area contributed by atoms with E-state index in [0.29, 0.717) is 22.8 Å². The Bertz CT molecular complexity index is 579. The SMILES string of the molecule is CC(C)CN(Cc1ccc(F)cc1)c1cc(N)cc(Br)n1. The fourth-order valence-corrected chi connectivity index (χ4v) is 2.60. The number of hydrogen-bond donors (Lipinski definition) is 1. The van der Waals surface area contributed by atoms with Crippen molar-refractivity contribution < 1.29 is 4.39 Å². The van der Waals surface area contributed by atoms with Gasteiger partial charge in [-0.2, -0.15) is 0 Å². The van der Waals surface area contributed by atoms with Gasteiger partial charge in [0.1, 0.15) is 16.2 Å². The number of nitrogens with zero attached hydrogens (tertiary/aromatic N) is 2. The molecule has 0 aliphatic rings. The Balaban J connectivity index is 2.27. The number of pyridine rings is 1. The topological polar surface area (TPSA) is 42.1 Å². The molecule has 0 unspecified atom stereocenters. The van der Waals surface area contributed by atoms with Gasteiger partial charge < -0.3 is 10.6 Å². The van der Waals surface area contributed by atoms with E-state index < -0.39 is 0 Å². The van der Waals surface area contributed by atoms with Crippen LogP contribution in [0.25, 0.3) is 0 Å². The summed E-state index contributed by atoms with van der Waals surface area (Å²) in [5.41, 5.74) is 7.60. The Morgan fingerprint density at radius 1 is 1.24 bits per heavy atom. The summed E-state index contributed by atoms with van der Waals surface area (Å²) in [5.74, 6) is 1.08. The van der Waals surface area contributed by atoms with Gasteiger partial charge in [-0.05, 0) is 45.6 Å². The van der Waals surface area contributed by atoms with Gasteiger partial charge in [0, 0.05) is 24.8 Å². The third kappa shape index (κ3) is 4.70. The number of rotatable bonds is 5. The molecular weight excluding hydrogens is 333 g/mol. The van der Waals surface area contributed by atoms with Gasteiger partial charge in [0.2, 0.25) is 0 Å². The monoisotopic (exact) mass is 351 g/mol. The molecule has 0 bridgehead atoms. The quantitative estimate of drug-likeness (QED) is 0.819. The third-order valence-corrected chi connectivity index (χ3v) is 3.41. The second-order valence-corrected chi connectivity index (χ2v) is 6.29. The molecular formula is C16H19BrFN3. The van der Waals surface area contributed by atoms with E-state index >= 15 is 0 Å². The van der Waals surface area contributed by atoms with Gasteiger partial charge in [-0.25, -0.2) is 9.37 Å². The molecule has 0 saturated heterocycles. The van der Waals surface area contributed by atoms with E-state index in [1.54, 1.807) is 18.2 Å². The Labute approximate surface area is 133 Å². The Morgan fingerprint density at radius 2 is 1.90 bits per heavy atom. The summed E-state index contributed by atoms with van der Waals surface area (Å²) in [7, 11) is 0. The number of hydrogen-bond acceptors (Lipinski definition) is 3. The van der Waals surface area contributed by atoms with Crippen LogP contribution >= 0.6 is 15.9 Å². The first-order valence-electron chi connectivity index (χ1n) is 6.86. The molecule has 112 valence electrons. The summed E-state index contributed by atoms with van der Waals surface area (Å²) in [6, 6.07) is 10.2. The van der Waals surface area contributed by atoms with E-state index in [4.69, 9.17) is 5.73 Å². The largest absolute Gasteiger partial charge is 0.399 e. The van der Waals surface area contributed by atoms with Gasteiger partial charge in [0.15, 0.2) is 0 Å². The highest BCUT2D eigenvalue weighted by Gasteiger charge is 2.12. The van der Waals surface area contributed by atoms with Crippen LogP contribution < -0.4 is 10.6 Å². The molecule has 0 spiro atoms. The van der Waals surface area contributed by atoms with Gasteiger partial charge in [-0.1, -0.05) is 26.0 Å². The summed E-state index contributed by atoms with van der Waals surface area (Å²) in [5, 5.41) is 0. The Hall–Kier alpha value is -1.62. The number of nitrogens with two attached hydrogens (primary N) is 1. The van der Waals surface area contributed by atoms with Crippen LogP contribution in [0.4, 0.5) is 15.9 Å². The molecule has 2 aromatic rings. The molecule has 2 rings (SSSR count). The van der Waals surface area contributed by atoms with Crippen LogP contribution in [-0.2, 0) is 6.54 Å². The second-order valence-electron chi connectivity index (χ2n) is 5.48. The smallest absolute Gasteiger partial charge is 0.132 e. The van der Waals surface area contributed by atoms with Gasteiger partial charge in [0.25, 0.3) is 0 Å². The molecule has 0 fully saturated rings. The van der Waals surface area contributed by atoms with E-state index in [-0.39, 0.29) is 5.82 Å². The highest BCUT2D eigenvalue weighted by molar-refractivity contribution is 9.10. The van der Waals surface area contributed by atoms with Crippen molar-refractivity contribution in [1.29, 1.82) is 0 Å². The first-order chi connectivity index (χ1) is 9.94. The lowest BCUT2D eigenvalue weighted by atomic mass is 10.1. The van der Waals surface area contributed by atoms with Crippen molar-refractivity contribution in [2.75, 3.05) is 17.2 Å². The molecule has 2 N–H and O–H groups in total. The maximum Gasteiger partial charge on any atom is 0.132 e. The second kappa shape index (κ2) is 6.89. The summed E-state index contributed by atoms with van der Waals surface area (Å²) < 4.78 is 13.7. The minimum absolute atomic E-state index is 0.223. The maximum absolute atomic E-state index is 13.0. The number of anilines is 2. The van der Waals surface area contributed by atoms with Crippen molar-refractivity contribution in [2.24, 2.45) is 5.92 Å². The molecule has 0 atom stereocenters. The zero-order chi connectivity index (χ0) is 15.4. The fraction of sp³-hybridized carbons (Fsp3) is 0.312. The van der Waals surface area contributed by atoms with E-state index in [2.05, 4.69) is 39.7 Å². The summed E-state index contributed by atoms with van der Waals surface area (Å²) in [6.07, 6.45) is 0. The summed E-state index contributed by atoms with van der Waals surface area (Å²) >= 11 is 3.38. The van der Waals surface area contributed by atoms with E-state index in [1.807, 2.05) is 6.07 Å². The van der Waals surface area contributed by atoms with E-state index in [9.17, 15) is 4.39 Å². The predicted molar refractivity (Wildman–Crippen MR) is 88.6 cm³/mol. The highest BCUT2D eigenvalue weighted by atomic mass is 79.9. The number of halogens is 2. The van der Waals surface area contributed by atoms with E-state index in [1.165, 1.54) is 12.1 Å². The van der Waals surface area contributed by atoms with Crippen LogP contribution in [0, 0.1) is 11.7 Å². The lowest BCUT2D eigenvalue weighted by Gasteiger charge is -2.26. The highest BCUT2D eigenvalue weighted by Crippen LogP contribution is 2.22. The van der Waals surface area contributed by atoms with Crippen molar-refractivity contribution in [3.8, 4) is 0 Å². The van der Waals surface area contributed by atoms with Crippen molar-refractivity contribution in [2.45, 2.75) is 20.4 Å². The molecule has 0 amide bonds. The van der Waals surface area contributed by atoms with Gasteiger partial charge >= 0.3 is 0 Å². The van der Waals surface area contributed by atoms with Crippen molar-refractivity contribution >= 4 is 27.4 Å². The van der Waals surface area contributed by atoms with Crippen LogP contribution in [0.15, 0.2) is 41.0 Å². The summed E-state index contributed by atoms with van der Waals surface area (Å²) in [6.45, 7) is 5.82. The molecule has 5 heteroatoms. The molecule has 3 nitrogen and oxygen atoms in total. The normalized spacial score (nSPS) is 10.9. The molecule has 0 saturated carbocycles. The van der Waals surface area contributed by atoms with Crippen LogP contribution in [0.2, 0.25) is 0 Å². The van der Waals surface area contributed by atoms with Gasteiger partial charge in [-0.3, -0.25) is 0 Å². The Morgan fingerprint density at radius 3 is 2.48 bits per heavy atom. The van der Waals surface area contributed by atoms with Crippen molar-refractivity contribution in [3.05, 3.63) is 52.4 Å². The van der Waals surface area contributed by atoms with E-state index in [0.717, 1.165) is 17.9 Å². The van der Waals surface area contributed by atoms with Gasteiger partial charge in [0.05, 0.1) is 0 Å².